The molecule has 2 aromatic carbocycles. The van der Waals surface area contributed by atoms with Gasteiger partial charge in [-0.25, -0.2) is 13.1 Å². The van der Waals surface area contributed by atoms with E-state index < -0.39 is 22.5 Å². The van der Waals surface area contributed by atoms with Crippen LogP contribution in [0.4, 0.5) is 5.69 Å². The number of para-hydroxylation sites is 1. The number of carbonyl (C=O) groups is 1. The van der Waals surface area contributed by atoms with Crippen LogP contribution in [0.1, 0.15) is 11.1 Å². The summed E-state index contributed by atoms with van der Waals surface area (Å²) in [6.07, 6.45) is 0. The Hall–Kier alpha value is -2.40. The Bertz CT molecular complexity index is 920. The first-order valence-corrected chi connectivity index (χ1v) is 8.74. The van der Waals surface area contributed by atoms with E-state index >= 15 is 0 Å². The average Bonchev–Trinajstić information content (AvgIpc) is 2.56. The van der Waals surface area contributed by atoms with E-state index in [4.69, 9.17) is 16.9 Å². The lowest BCUT2D eigenvalue weighted by Gasteiger charge is -2.09. The first kappa shape index (κ1) is 17.9. The minimum Gasteiger partial charge on any atom is -0.324 e. The normalized spacial score (nSPS) is 10.9. The number of anilines is 1. The van der Waals surface area contributed by atoms with Crippen LogP contribution >= 0.6 is 11.6 Å². The van der Waals surface area contributed by atoms with E-state index in [2.05, 4.69) is 10.0 Å². The van der Waals surface area contributed by atoms with Gasteiger partial charge in [0.25, 0.3) is 0 Å². The second-order valence-electron chi connectivity index (χ2n) is 4.94. The smallest absolute Gasteiger partial charge is 0.241 e. The molecule has 0 heterocycles. The van der Waals surface area contributed by atoms with Gasteiger partial charge in [0, 0.05) is 5.02 Å². The van der Waals surface area contributed by atoms with Crippen LogP contribution in [0, 0.1) is 18.3 Å². The van der Waals surface area contributed by atoms with Crippen LogP contribution in [0.3, 0.4) is 0 Å². The number of aryl methyl sites for hydroxylation is 1. The molecule has 0 radical (unpaired) electrons. The molecule has 0 unspecified atom stereocenters. The molecule has 0 saturated carbocycles. The van der Waals surface area contributed by atoms with Crippen molar-refractivity contribution in [3.05, 3.63) is 58.6 Å². The molecule has 124 valence electrons. The van der Waals surface area contributed by atoms with Crippen LogP contribution in [0.25, 0.3) is 0 Å². The predicted octanol–water partition coefficient (Wildman–Crippen LogP) is 2.44. The van der Waals surface area contributed by atoms with Crippen LogP contribution in [-0.2, 0) is 14.8 Å². The molecule has 2 aromatic rings. The SMILES string of the molecule is Cc1cc(S(=O)(=O)NCC(=O)Nc2ccccc2C#N)ccc1Cl. The molecule has 0 fully saturated rings. The van der Waals surface area contributed by atoms with Crippen molar-refractivity contribution in [3.8, 4) is 6.07 Å². The van der Waals surface area contributed by atoms with E-state index in [0.717, 1.165) is 0 Å². The number of halogens is 1. The lowest BCUT2D eigenvalue weighted by atomic mass is 10.2. The molecule has 2 N–H and O–H groups in total. The Balaban J connectivity index is 2.05. The number of amides is 1. The summed E-state index contributed by atoms with van der Waals surface area (Å²) in [7, 11) is -3.84. The summed E-state index contributed by atoms with van der Waals surface area (Å²) < 4.78 is 26.6. The standard InChI is InChI=1S/C16H14ClN3O3S/c1-11-8-13(6-7-14(11)17)24(22,23)19-10-16(21)20-15-5-3-2-4-12(15)9-18/h2-8,19H,10H2,1H3,(H,20,21). The minimum atomic E-state index is -3.84. The molecule has 0 aromatic heterocycles. The van der Waals surface area contributed by atoms with Gasteiger partial charge in [0.05, 0.1) is 22.7 Å². The molecule has 24 heavy (non-hydrogen) atoms. The van der Waals surface area contributed by atoms with Gasteiger partial charge in [-0.3, -0.25) is 4.79 Å². The molecule has 0 atom stereocenters. The van der Waals surface area contributed by atoms with Crippen molar-refractivity contribution in [2.75, 3.05) is 11.9 Å². The highest BCUT2D eigenvalue weighted by Crippen LogP contribution is 2.19. The van der Waals surface area contributed by atoms with Crippen LogP contribution in [0.2, 0.25) is 5.02 Å². The number of nitriles is 1. The highest BCUT2D eigenvalue weighted by molar-refractivity contribution is 7.89. The fourth-order valence-corrected chi connectivity index (χ4v) is 3.10. The van der Waals surface area contributed by atoms with Crippen molar-refractivity contribution in [2.45, 2.75) is 11.8 Å². The first-order valence-electron chi connectivity index (χ1n) is 6.88. The molecule has 2 rings (SSSR count). The zero-order chi connectivity index (χ0) is 17.7. The Kier molecular flexibility index (Phi) is 5.57. The number of nitrogens with zero attached hydrogens (tertiary/aromatic N) is 1. The van der Waals surface area contributed by atoms with Crippen molar-refractivity contribution >= 4 is 33.2 Å². The third-order valence-electron chi connectivity index (χ3n) is 3.18. The van der Waals surface area contributed by atoms with Crippen LogP contribution in [-0.4, -0.2) is 20.9 Å². The molecule has 8 heteroatoms. The van der Waals surface area contributed by atoms with Crippen LogP contribution in [0.5, 0.6) is 0 Å². The van der Waals surface area contributed by atoms with Crippen molar-refractivity contribution in [3.63, 3.8) is 0 Å². The van der Waals surface area contributed by atoms with E-state index in [1.165, 1.54) is 18.2 Å². The number of nitrogens with one attached hydrogen (secondary N) is 2. The van der Waals surface area contributed by atoms with Gasteiger partial charge in [-0.2, -0.15) is 5.26 Å². The lowest BCUT2D eigenvalue weighted by molar-refractivity contribution is -0.115. The number of carbonyl (C=O) groups excluding carboxylic acids is 1. The average molecular weight is 364 g/mol. The number of sulfonamides is 1. The van der Waals surface area contributed by atoms with Crippen LogP contribution in [0.15, 0.2) is 47.4 Å². The maximum Gasteiger partial charge on any atom is 0.241 e. The first-order chi connectivity index (χ1) is 11.3. The molecule has 0 saturated heterocycles. The zero-order valence-electron chi connectivity index (χ0n) is 12.7. The molecule has 0 spiro atoms. The molecular weight excluding hydrogens is 350 g/mol. The van der Waals surface area contributed by atoms with Gasteiger partial charge in [-0.05, 0) is 42.8 Å². The quantitative estimate of drug-likeness (QED) is 0.852. The summed E-state index contributed by atoms with van der Waals surface area (Å²) in [6, 6.07) is 12.7. The maximum absolute atomic E-state index is 12.2. The Morgan fingerprint density at radius 2 is 1.96 bits per heavy atom. The molecular formula is C16H14ClN3O3S. The monoisotopic (exact) mass is 363 g/mol. The number of hydrogen-bond acceptors (Lipinski definition) is 4. The third-order valence-corrected chi connectivity index (χ3v) is 5.01. The molecule has 0 bridgehead atoms. The van der Waals surface area contributed by atoms with Crippen molar-refractivity contribution in [1.82, 2.24) is 4.72 Å². The van der Waals surface area contributed by atoms with Gasteiger partial charge < -0.3 is 5.32 Å². The van der Waals surface area contributed by atoms with Crippen molar-refractivity contribution in [2.24, 2.45) is 0 Å². The highest BCUT2D eigenvalue weighted by Gasteiger charge is 2.16. The summed E-state index contributed by atoms with van der Waals surface area (Å²) >= 11 is 5.87. The summed E-state index contributed by atoms with van der Waals surface area (Å²) in [5, 5.41) is 11.9. The van der Waals surface area contributed by atoms with Gasteiger partial charge in [-0.1, -0.05) is 23.7 Å². The maximum atomic E-state index is 12.2. The minimum absolute atomic E-state index is 0.0228. The van der Waals surface area contributed by atoms with Gasteiger partial charge in [0.15, 0.2) is 0 Å². The summed E-state index contributed by atoms with van der Waals surface area (Å²) in [5.74, 6) is -0.577. The Morgan fingerprint density at radius 1 is 1.25 bits per heavy atom. The van der Waals surface area contributed by atoms with E-state index in [0.29, 0.717) is 21.8 Å². The topological polar surface area (TPSA) is 99.1 Å². The molecule has 6 nitrogen and oxygen atoms in total. The largest absolute Gasteiger partial charge is 0.324 e. The van der Waals surface area contributed by atoms with E-state index in [9.17, 15) is 13.2 Å². The summed E-state index contributed by atoms with van der Waals surface area (Å²) in [4.78, 5) is 11.9. The number of benzene rings is 2. The Labute approximate surface area is 145 Å². The van der Waals surface area contributed by atoms with Gasteiger partial charge in [-0.15, -0.1) is 0 Å². The van der Waals surface area contributed by atoms with E-state index in [1.54, 1.807) is 31.2 Å². The molecule has 1 amide bonds. The van der Waals surface area contributed by atoms with Gasteiger partial charge in [0.2, 0.25) is 15.9 Å². The lowest BCUT2D eigenvalue weighted by Crippen LogP contribution is -2.33. The van der Waals surface area contributed by atoms with E-state index in [-0.39, 0.29) is 4.90 Å². The van der Waals surface area contributed by atoms with Gasteiger partial charge >= 0.3 is 0 Å². The predicted molar refractivity (Wildman–Crippen MR) is 91.2 cm³/mol. The summed E-state index contributed by atoms with van der Waals surface area (Å²) in [5.41, 5.74) is 1.24. The van der Waals surface area contributed by atoms with E-state index in [1.807, 2.05) is 6.07 Å². The highest BCUT2D eigenvalue weighted by atomic mass is 35.5. The zero-order valence-corrected chi connectivity index (χ0v) is 14.3. The number of rotatable bonds is 5. The van der Waals surface area contributed by atoms with Gasteiger partial charge in [0.1, 0.15) is 6.07 Å². The van der Waals surface area contributed by atoms with Crippen molar-refractivity contribution in [1.29, 1.82) is 5.26 Å². The fourth-order valence-electron chi connectivity index (χ4n) is 1.91. The molecule has 0 aliphatic heterocycles. The molecule has 0 aliphatic carbocycles. The Morgan fingerprint density at radius 3 is 2.62 bits per heavy atom. The number of hydrogen-bond donors (Lipinski definition) is 2. The second-order valence-corrected chi connectivity index (χ2v) is 7.12. The summed E-state index contributed by atoms with van der Waals surface area (Å²) in [6.45, 7) is 1.23. The van der Waals surface area contributed by atoms with Crippen molar-refractivity contribution < 1.29 is 13.2 Å². The fraction of sp³-hybridized carbons (Fsp3) is 0.125. The van der Waals surface area contributed by atoms with Crippen LogP contribution < -0.4 is 10.0 Å². The second kappa shape index (κ2) is 7.45. The third kappa shape index (κ3) is 4.32. The molecule has 0 aliphatic rings.